The molecular weight excluding hydrogens is 240 g/mol. The van der Waals surface area contributed by atoms with Crippen molar-refractivity contribution in [1.82, 2.24) is 10.2 Å². The van der Waals surface area contributed by atoms with Gasteiger partial charge in [-0.05, 0) is 50.5 Å². The third-order valence-corrected chi connectivity index (χ3v) is 4.75. The van der Waals surface area contributed by atoms with Crippen molar-refractivity contribution in [2.45, 2.75) is 58.1 Å². The number of nitrogens with one attached hydrogen (secondary N) is 1. The Labute approximate surface area is 116 Å². The van der Waals surface area contributed by atoms with Crippen LogP contribution in [0, 0.1) is 11.8 Å². The zero-order valence-corrected chi connectivity index (χ0v) is 12.3. The maximum Gasteiger partial charge on any atom is 0.234 e. The second-order valence-corrected chi connectivity index (χ2v) is 6.59. The van der Waals surface area contributed by atoms with E-state index in [1.807, 2.05) is 0 Å². The van der Waals surface area contributed by atoms with Gasteiger partial charge in [-0.25, -0.2) is 0 Å². The number of piperidine rings is 1. The third kappa shape index (κ3) is 4.46. The predicted molar refractivity (Wildman–Crippen MR) is 75.8 cm³/mol. The highest BCUT2D eigenvalue weighted by atomic mass is 16.3. The van der Waals surface area contributed by atoms with Crippen molar-refractivity contribution in [2.75, 3.05) is 19.6 Å². The van der Waals surface area contributed by atoms with Gasteiger partial charge in [-0.1, -0.05) is 13.8 Å². The number of hydrogen-bond acceptors (Lipinski definition) is 3. The van der Waals surface area contributed by atoms with Gasteiger partial charge in [0.15, 0.2) is 0 Å². The Hall–Kier alpha value is -0.610. The molecule has 1 aliphatic carbocycles. The topological polar surface area (TPSA) is 52.6 Å². The SMILES string of the molecule is CC1CCC(NC(=O)CN2CCC(C)C(O)C2)CC1. The molecule has 0 bridgehead atoms. The van der Waals surface area contributed by atoms with Crippen molar-refractivity contribution in [1.29, 1.82) is 0 Å². The number of aliphatic hydroxyl groups excluding tert-OH is 1. The highest BCUT2D eigenvalue weighted by Crippen LogP contribution is 2.23. The van der Waals surface area contributed by atoms with Crippen molar-refractivity contribution in [3.63, 3.8) is 0 Å². The van der Waals surface area contributed by atoms with Crippen LogP contribution in [0.1, 0.15) is 46.0 Å². The first kappa shape index (κ1) is 14.8. The molecule has 2 unspecified atom stereocenters. The maximum atomic E-state index is 12.0. The lowest BCUT2D eigenvalue weighted by atomic mass is 9.87. The van der Waals surface area contributed by atoms with Crippen molar-refractivity contribution < 1.29 is 9.90 Å². The van der Waals surface area contributed by atoms with Crippen LogP contribution in [-0.4, -0.2) is 47.7 Å². The smallest absolute Gasteiger partial charge is 0.234 e. The first-order valence-corrected chi connectivity index (χ1v) is 7.74. The summed E-state index contributed by atoms with van der Waals surface area (Å²) < 4.78 is 0. The van der Waals surface area contributed by atoms with Crippen LogP contribution in [0.15, 0.2) is 0 Å². The van der Waals surface area contributed by atoms with Crippen molar-refractivity contribution in [3.8, 4) is 0 Å². The Balaban J connectivity index is 1.69. The minimum Gasteiger partial charge on any atom is -0.392 e. The Morgan fingerprint density at radius 2 is 1.89 bits per heavy atom. The van der Waals surface area contributed by atoms with Crippen molar-refractivity contribution in [3.05, 3.63) is 0 Å². The minimum atomic E-state index is -0.280. The minimum absolute atomic E-state index is 0.126. The van der Waals surface area contributed by atoms with Crippen LogP contribution < -0.4 is 5.32 Å². The number of rotatable bonds is 3. The molecule has 0 aromatic heterocycles. The summed E-state index contributed by atoms with van der Waals surface area (Å²) in [6.45, 7) is 6.36. The normalized spacial score (nSPS) is 37.0. The number of carbonyl (C=O) groups excluding carboxylic acids is 1. The number of aliphatic hydroxyl groups is 1. The Morgan fingerprint density at radius 1 is 1.21 bits per heavy atom. The van der Waals surface area contributed by atoms with Gasteiger partial charge in [0, 0.05) is 12.6 Å². The van der Waals surface area contributed by atoms with Gasteiger partial charge in [0.05, 0.1) is 12.6 Å². The third-order valence-electron chi connectivity index (χ3n) is 4.75. The van der Waals surface area contributed by atoms with Crippen molar-refractivity contribution >= 4 is 5.91 Å². The summed E-state index contributed by atoms with van der Waals surface area (Å²) >= 11 is 0. The van der Waals surface area contributed by atoms with E-state index in [0.29, 0.717) is 25.0 Å². The van der Waals surface area contributed by atoms with E-state index in [9.17, 15) is 9.90 Å². The fourth-order valence-electron chi connectivity index (χ4n) is 3.14. The molecule has 2 atom stereocenters. The molecule has 4 heteroatoms. The van der Waals surface area contributed by atoms with Crippen LogP contribution in [0.2, 0.25) is 0 Å². The van der Waals surface area contributed by atoms with Crippen LogP contribution in [0.4, 0.5) is 0 Å². The predicted octanol–water partition coefficient (Wildman–Crippen LogP) is 1.38. The van der Waals surface area contributed by atoms with E-state index in [1.165, 1.54) is 12.8 Å². The van der Waals surface area contributed by atoms with Crippen molar-refractivity contribution in [2.24, 2.45) is 11.8 Å². The largest absolute Gasteiger partial charge is 0.392 e. The van der Waals surface area contributed by atoms with E-state index in [2.05, 4.69) is 24.1 Å². The molecule has 0 radical (unpaired) electrons. The maximum absolute atomic E-state index is 12.0. The zero-order chi connectivity index (χ0) is 13.8. The molecule has 2 rings (SSSR count). The first-order valence-electron chi connectivity index (χ1n) is 7.74. The average molecular weight is 268 g/mol. The van der Waals surface area contributed by atoms with Crippen LogP contribution in [0.5, 0.6) is 0 Å². The van der Waals surface area contributed by atoms with Gasteiger partial charge >= 0.3 is 0 Å². The molecule has 0 aromatic rings. The van der Waals surface area contributed by atoms with Gasteiger partial charge in [0.1, 0.15) is 0 Å². The monoisotopic (exact) mass is 268 g/mol. The molecule has 0 aromatic carbocycles. The lowest BCUT2D eigenvalue weighted by molar-refractivity contribution is -0.124. The van der Waals surface area contributed by atoms with Gasteiger partial charge in [-0.3, -0.25) is 9.69 Å². The summed E-state index contributed by atoms with van der Waals surface area (Å²) in [5.74, 6) is 1.30. The Bertz CT molecular complexity index is 301. The van der Waals surface area contributed by atoms with Gasteiger partial charge in [-0.2, -0.15) is 0 Å². The number of hydrogen-bond donors (Lipinski definition) is 2. The van der Waals surface area contributed by atoms with E-state index >= 15 is 0 Å². The second-order valence-electron chi connectivity index (χ2n) is 6.59. The average Bonchev–Trinajstić information content (AvgIpc) is 2.37. The van der Waals surface area contributed by atoms with E-state index < -0.39 is 0 Å². The quantitative estimate of drug-likeness (QED) is 0.813. The summed E-state index contributed by atoms with van der Waals surface area (Å²) in [5.41, 5.74) is 0. The molecule has 1 saturated carbocycles. The molecular formula is C15H28N2O2. The molecule has 1 amide bonds. The highest BCUT2D eigenvalue weighted by molar-refractivity contribution is 5.78. The fraction of sp³-hybridized carbons (Fsp3) is 0.933. The number of nitrogens with zero attached hydrogens (tertiary/aromatic N) is 1. The molecule has 110 valence electrons. The standard InChI is InChI=1S/C15H28N2O2/c1-11-3-5-13(6-4-11)16-15(19)10-17-8-7-12(2)14(18)9-17/h11-14,18H,3-10H2,1-2H3,(H,16,19). The van der Waals surface area contributed by atoms with Crippen LogP contribution >= 0.6 is 0 Å². The summed E-state index contributed by atoms with van der Waals surface area (Å²) in [6.07, 6.45) is 5.39. The van der Waals surface area contributed by atoms with Crippen LogP contribution in [0.25, 0.3) is 0 Å². The first-order chi connectivity index (χ1) is 9.04. The van der Waals surface area contributed by atoms with E-state index in [4.69, 9.17) is 0 Å². The number of likely N-dealkylation sites (tertiary alicyclic amines) is 1. The molecule has 2 aliphatic rings. The molecule has 1 aliphatic heterocycles. The Morgan fingerprint density at radius 3 is 2.53 bits per heavy atom. The molecule has 2 fully saturated rings. The lowest BCUT2D eigenvalue weighted by Gasteiger charge is -2.34. The number of carbonyl (C=O) groups is 1. The van der Waals surface area contributed by atoms with E-state index in [1.54, 1.807) is 0 Å². The fourth-order valence-corrected chi connectivity index (χ4v) is 3.14. The highest BCUT2D eigenvalue weighted by Gasteiger charge is 2.26. The Kier molecular flexibility index (Phi) is 5.22. The number of amides is 1. The molecule has 1 saturated heterocycles. The van der Waals surface area contributed by atoms with Gasteiger partial charge in [0.2, 0.25) is 5.91 Å². The van der Waals surface area contributed by atoms with E-state index in [0.717, 1.165) is 31.7 Å². The molecule has 2 N–H and O–H groups in total. The van der Waals surface area contributed by atoms with Gasteiger partial charge in [-0.15, -0.1) is 0 Å². The molecule has 1 heterocycles. The summed E-state index contributed by atoms with van der Waals surface area (Å²) in [6, 6.07) is 0.373. The number of β-amino-alcohol motifs (C(OH)–C–C–N with tert-alkyl or cyclic N) is 1. The molecule has 0 spiro atoms. The molecule has 19 heavy (non-hydrogen) atoms. The zero-order valence-electron chi connectivity index (χ0n) is 12.3. The second kappa shape index (κ2) is 6.71. The summed E-state index contributed by atoms with van der Waals surface area (Å²) in [7, 11) is 0. The molecule has 4 nitrogen and oxygen atoms in total. The van der Waals surface area contributed by atoms with Crippen LogP contribution in [-0.2, 0) is 4.79 Å². The van der Waals surface area contributed by atoms with Gasteiger partial charge in [0.25, 0.3) is 0 Å². The van der Waals surface area contributed by atoms with Crippen LogP contribution in [0.3, 0.4) is 0 Å². The van der Waals surface area contributed by atoms with E-state index in [-0.39, 0.29) is 12.0 Å². The summed E-state index contributed by atoms with van der Waals surface area (Å²) in [5, 5.41) is 13.0. The van der Waals surface area contributed by atoms with Gasteiger partial charge < -0.3 is 10.4 Å². The summed E-state index contributed by atoms with van der Waals surface area (Å²) in [4.78, 5) is 14.1. The lowest BCUT2D eigenvalue weighted by Crippen LogP contribution is -2.48.